The van der Waals surface area contributed by atoms with Crippen molar-refractivity contribution in [1.29, 1.82) is 0 Å². The zero-order valence-electron chi connectivity index (χ0n) is 20.8. The molecule has 3 unspecified atom stereocenters. The lowest BCUT2D eigenvalue weighted by Crippen LogP contribution is -2.42. The Kier molecular flexibility index (Phi) is 5.68. The Bertz CT molecular complexity index is 1540. The Labute approximate surface area is 219 Å². The van der Waals surface area contributed by atoms with Gasteiger partial charge in [0, 0.05) is 18.2 Å². The van der Waals surface area contributed by atoms with Crippen molar-refractivity contribution in [2.24, 2.45) is 0 Å². The van der Waals surface area contributed by atoms with Crippen LogP contribution in [0.3, 0.4) is 0 Å². The first kappa shape index (κ1) is 24.0. The van der Waals surface area contributed by atoms with Crippen LogP contribution in [0, 0.1) is 0 Å². The molecule has 1 spiro atoms. The number of nitrogen functional groups attached to an aromatic ring is 1. The molecule has 3 aliphatic rings. The van der Waals surface area contributed by atoms with E-state index in [2.05, 4.69) is 15.0 Å². The van der Waals surface area contributed by atoms with Gasteiger partial charge in [0.2, 0.25) is 0 Å². The standard InChI is InChI=1S/C26H28N5O6P/c1-25-21(35-26(37-25)11-4-5-12-26)19(34-24(25)31-15-30-20-22(27)28-14-29-23(20)31)13-33-38(32)36-18-10-6-8-16-7-2-3-9-17(16)18/h2-3,6-10,14-15,19,21,24,38H,4-5,11-13H2,1H3,(H2,27,28,29)/t19-,21?,24-,25?/m1/s1. The molecular weight excluding hydrogens is 509 g/mol. The molecule has 1 saturated carbocycles. The molecule has 0 bridgehead atoms. The van der Waals surface area contributed by atoms with E-state index in [9.17, 15) is 4.57 Å². The van der Waals surface area contributed by atoms with Crippen LogP contribution in [0.5, 0.6) is 5.75 Å². The van der Waals surface area contributed by atoms with Crippen LogP contribution in [-0.4, -0.2) is 49.7 Å². The molecule has 11 nitrogen and oxygen atoms in total. The van der Waals surface area contributed by atoms with E-state index >= 15 is 0 Å². The number of hydrogen-bond donors (Lipinski definition) is 1. The number of benzene rings is 2. The summed E-state index contributed by atoms with van der Waals surface area (Å²) in [6.45, 7) is 1.98. The molecule has 2 saturated heterocycles. The van der Waals surface area contributed by atoms with E-state index < -0.39 is 38.1 Å². The molecule has 4 heterocycles. The lowest BCUT2D eigenvalue weighted by molar-refractivity contribution is -0.231. The second-order valence-electron chi connectivity index (χ2n) is 10.2. The van der Waals surface area contributed by atoms with Gasteiger partial charge in [-0.2, -0.15) is 0 Å². The van der Waals surface area contributed by atoms with Gasteiger partial charge < -0.3 is 24.5 Å². The van der Waals surface area contributed by atoms with E-state index in [1.807, 2.05) is 43.3 Å². The summed E-state index contributed by atoms with van der Waals surface area (Å²) >= 11 is 0. The van der Waals surface area contributed by atoms with Crippen LogP contribution in [0.4, 0.5) is 5.82 Å². The quantitative estimate of drug-likeness (QED) is 0.353. The van der Waals surface area contributed by atoms with E-state index in [1.165, 1.54) is 6.33 Å². The SMILES string of the molecule is CC12OC3(CCCC3)OC1[C@@H](CO[PH](=O)Oc1cccc3ccccc13)O[C@H]2n1cnc2c(N)ncnc21. The summed E-state index contributed by atoms with van der Waals surface area (Å²) < 4.78 is 45.9. The molecular formula is C26H28N5O6P. The van der Waals surface area contributed by atoms with Crippen molar-refractivity contribution >= 4 is 36.0 Å². The molecule has 12 heteroatoms. The van der Waals surface area contributed by atoms with Crippen LogP contribution in [0.15, 0.2) is 55.1 Å². The normalized spacial score (nSPS) is 28.8. The first-order valence-electron chi connectivity index (χ1n) is 12.7. The number of nitrogens with two attached hydrogens (primary N) is 1. The summed E-state index contributed by atoms with van der Waals surface area (Å²) in [7, 11) is -2.89. The number of ether oxygens (including phenoxy) is 3. The summed E-state index contributed by atoms with van der Waals surface area (Å²) in [6, 6.07) is 13.4. The molecule has 2 aliphatic heterocycles. The van der Waals surface area contributed by atoms with Crippen molar-refractivity contribution in [3.8, 4) is 5.75 Å². The van der Waals surface area contributed by atoms with E-state index in [4.69, 9.17) is 29.0 Å². The van der Waals surface area contributed by atoms with Gasteiger partial charge in [-0.05, 0) is 31.2 Å². The Morgan fingerprint density at radius 1 is 1.13 bits per heavy atom. The monoisotopic (exact) mass is 537 g/mol. The Balaban J connectivity index is 1.15. The second kappa shape index (κ2) is 9.00. The lowest BCUT2D eigenvalue weighted by Gasteiger charge is -2.31. The fourth-order valence-corrected chi connectivity index (χ4v) is 6.75. The number of nitrogens with zero attached hydrogens (tertiary/aromatic N) is 4. The van der Waals surface area contributed by atoms with E-state index in [0.717, 1.165) is 36.5 Å². The van der Waals surface area contributed by atoms with E-state index in [0.29, 0.717) is 16.9 Å². The fourth-order valence-electron chi connectivity index (χ4n) is 6.04. The number of anilines is 1. The van der Waals surface area contributed by atoms with Crippen LogP contribution in [0.25, 0.3) is 21.9 Å². The maximum atomic E-state index is 12.9. The van der Waals surface area contributed by atoms with Crippen molar-refractivity contribution in [3.05, 3.63) is 55.1 Å². The Morgan fingerprint density at radius 2 is 1.95 bits per heavy atom. The molecule has 38 heavy (non-hydrogen) atoms. The first-order valence-corrected chi connectivity index (χ1v) is 14.0. The molecule has 2 aromatic heterocycles. The largest absolute Gasteiger partial charge is 0.426 e. The highest BCUT2D eigenvalue weighted by Crippen LogP contribution is 2.56. The van der Waals surface area contributed by atoms with Crippen molar-refractivity contribution in [1.82, 2.24) is 19.5 Å². The molecule has 4 aromatic rings. The average molecular weight is 538 g/mol. The zero-order valence-corrected chi connectivity index (χ0v) is 21.8. The number of aromatic nitrogens is 4. The van der Waals surface area contributed by atoms with Gasteiger partial charge in [0.05, 0.1) is 12.9 Å². The van der Waals surface area contributed by atoms with Crippen molar-refractivity contribution < 1.29 is 27.8 Å². The number of rotatable bonds is 6. The van der Waals surface area contributed by atoms with Crippen LogP contribution in [0.1, 0.15) is 38.8 Å². The maximum Gasteiger partial charge on any atom is 0.367 e. The van der Waals surface area contributed by atoms with E-state index in [-0.39, 0.29) is 12.4 Å². The van der Waals surface area contributed by atoms with Crippen LogP contribution < -0.4 is 10.3 Å². The lowest BCUT2D eigenvalue weighted by atomic mass is 9.96. The molecule has 2 N–H and O–H groups in total. The highest BCUT2D eigenvalue weighted by molar-refractivity contribution is 7.33. The third-order valence-corrected chi connectivity index (χ3v) is 8.55. The minimum Gasteiger partial charge on any atom is -0.426 e. The minimum absolute atomic E-state index is 0.00249. The third kappa shape index (κ3) is 3.80. The van der Waals surface area contributed by atoms with Crippen molar-refractivity contribution in [2.75, 3.05) is 12.3 Å². The topological polar surface area (TPSA) is 133 Å². The summed E-state index contributed by atoms with van der Waals surface area (Å²) in [5.41, 5.74) is 6.18. The Hall–Kier alpha value is -3.08. The van der Waals surface area contributed by atoms with Gasteiger partial charge in [-0.1, -0.05) is 36.4 Å². The van der Waals surface area contributed by atoms with Gasteiger partial charge in [0.1, 0.15) is 35.4 Å². The van der Waals surface area contributed by atoms with Crippen LogP contribution in [-0.2, 0) is 23.3 Å². The van der Waals surface area contributed by atoms with Gasteiger partial charge in [0.25, 0.3) is 0 Å². The zero-order chi connectivity index (χ0) is 25.9. The summed E-state index contributed by atoms with van der Waals surface area (Å²) in [4.78, 5) is 12.8. The van der Waals surface area contributed by atoms with Crippen LogP contribution >= 0.6 is 8.25 Å². The molecule has 198 valence electrons. The van der Waals surface area contributed by atoms with Crippen molar-refractivity contribution in [3.63, 3.8) is 0 Å². The van der Waals surface area contributed by atoms with Gasteiger partial charge in [0.15, 0.2) is 23.5 Å². The predicted octanol–water partition coefficient (Wildman–Crippen LogP) is 4.39. The first-order chi connectivity index (χ1) is 18.5. The number of fused-ring (bicyclic) bond motifs is 3. The highest BCUT2D eigenvalue weighted by atomic mass is 31.1. The Morgan fingerprint density at radius 3 is 2.82 bits per heavy atom. The maximum absolute atomic E-state index is 12.9. The predicted molar refractivity (Wildman–Crippen MR) is 139 cm³/mol. The molecule has 0 amide bonds. The van der Waals surface area contributed by atoms with Crippen LogP contribution in [0.2, 0.25) is 0 Å². The van der Waals surface area contributed by atoms with Gasteiger partial charge in [-0.3, -0.25) is 9.09 Å². The molecule has 0 radical (unpaired) electrons. The van der Waals surface area contributed by atoms with Gasteiger partial charge in [-0.15, -0.1) is 0 Å². The minimum atomic E-state index is -2.89. The van der Waals surface area contributed by atoms with Crippen molar-refractivity contribution in [2.45, 2.75) is 62.4 Å². The smallest absolute Gasteiger partial charge is 0.367 e. The summed E-state index contributed by atoms with van der Waals surface area (Å²) in [6.07, 6.45) is 5.04. The number of imidazole rings is 1. The molecule has 2 aromatic carbocycles. The highest BCUT2D eigenvalue weighted by Gasteiger charge is 2.66. The fraction of sp³-hybridized carbons (Fsp3) is 0.423. The molecule has 1 aliphatic carbocycles. The molecule has 7 rings (SSSR count). The van der Waals surface area contributed by atoms with E-state index in [1.54, 1.807) is 17.0 Å². The summed E-state index contributed by atoms with van der Waals surface area (Å²) in [5, 5.41) is 1.86. The number of hydrogen-bond acceptors (Lipinski definition) is 10. The average Bonchev–Trinajstić information content (AvgIpc) is 3.67. The molecule has 3 fully saturated rings. The van der Waals surface area contributed by atoms with Gasteiger partial charge >= 0.3 is 8.25 Å². The molecule has 5 atom stereocenters. The summed E-state index contributed by atoms with van der Waals surface area (Å²) in [5.74, 6) is 0.123. The third-order valence-electron chi connectivity index (χ3n) is 7.76. The second-order valence-corrected chi connectivity index (χ2v) is 11.2. The van der Waals surface area contributed by atoms with Gasteiger partial charge in [-0.25, -0.2) is 19.5 Å².